The molecule has 1 aliphatic heterocycles. The molecule has 2 radical (unpaired) electrons. The van der Waals surface area contributed by atoms with Crippen molar-refractivity contribution in [1.29, 1.82) is 0 Å². The summed E-state index contributed by atoms with van der Waals surface area (Å²) in [7, 11) is 10.7. The Balaban J connectivity index is 1.20. The number of nitrogens with zero attached hydrogens (tertiary/aromatic N) is 2. The topological polar surface area (TPSA) is 105 Å². The first-order valence-corrected chi connectivity index (χ1v) is 15.7. The summed E-state index contributed by atoms with van der Waals surface area (Å²) in [5, 5.41) is 11.3. The lowest BCUT2D eigenvalue weighted by Gasteiger charge is -2.43. The first-order valence-electron chi connectivity index (χ1n) is 15.7. The van der Waals surface area contributed by atoms with Crippen LogP contribution in [0.2, 0.25) is 5.82 Å². The summed E-state index contributed by atoms with van der Waals surface area (Å²) in [4.78, 5) is 5.08. The Morgan fingerprint density at radius 3 is 2.32 bits per heavy atom. The van der Waals surface area contributed by atoms with E-state index < -0.39 is 0 Å². The molecule has 0 aromatic carbocycles. The first-order chi connectivity index (χ1) is 17.6. The molecule has 4 aliphatic rings. The standard InChI is InChI=1S/C30H58BN5O/c1-19-4-9-22(14-26(19)27(32)15-23-13-24(31)16-28(33)30(23)34)29(37)12-20-5-7-21(8-6-20)17-36-11-10-25(18-36)35(2)3/h19-30,37H,4-18,32-34H2,1-3H3. The molecule has 0 aromatic rings. The Kier molecular flexibility index (Phi) is 10.8. The summed E-state index contributed by atoms with van der Waals surface area (Å²) in [6.07, 6.45) is 13.4. The van der Waals surface area contributed by atoms with E-state index in [-0.39, 0.29) is 30.0 Å². The molecule has 7 heteroatoms. The fraction of sp³-hybridized carbons (Fsp3) is 1.00. The zero-order chi connectivity index (χ0) is 26.7. The van der Waals surface area contributed by atoms with Crippen LogP contribution in [0.15, 0.2) is 0 Å². The molecule has 3 aliphatic carbocycles. The van der Waals surface area contributed by atoms with Gasteiger partial charge in [0.2, 0.25) is 0 Å². The van der Waals surface area contributed by atoms with E-state index in [1.54, 1.807) is 0 Å². The molecule has 1 saturated heterocycles. The fourth-order valence-corrected chi connectivity index (χ4v) is 8.56. The van der Waals surface area contributed by atoms with Crippen molar-refractivity contribution in [1.82, 2.24) is 9.80 Å². The number of hydrogen-bond acceptors (Lipinski definition) is 6. The van der Waals surface area contributed by atoms with Gasteiger partial charge in [-0.25, -0.2) is 0 Å². The second-order valence-electron chi connectivity index (χ2n) is 14.2. The molecule has 10 unspecified atom stereocenters. The lowest BCUT2D eigenvalue weighted by molar-refractivity contribution is 0.0210. The second kappa shape index (κ2) is 13.5. The summed E-state index contributed by atoms with van der Waals surface area (Å²) < 4.78 is 0. The third-order valence-corrected chi connectivity index (χ3v) is 11.2. The molecule has 10 atom stereocenters. The number of aliphatic hydroxyl groups is 1. The molecular formula is C30H58BN5O. The van der Waals surface area contributed by atoms with Crippen molar-refractivity contribution in [2.24, 2.45) is 52.7 Å². The van der Waals surface area contributed by atoms with Gasteiger partial charge in [-0.1, -0.05) is 38.4 Å². The van der Waals surface area contributed by atoms with E-state index in [1.807, 2.05) is 0 Å². The van der Waals surface area contributed by atoms with E-state index in [9.17, 15) is 5.11 Å². The molecule has 212 valence electrons. The molecule has 7 N–H and O–H groups in total. The number of hydrogen-bond donors (Lipinski definition) is 4. The maximum Gasteiger partial charge on any atom is 0.0700 e. The molecule has 0 bridgehead atoms. The van der Waals surface area contributed by atoms with Crippen molar-refractivity contribution in [3.63, 3.8) is 0 Å². The van der Waals surface area contributed by atoms with Crippen molar-refractivity contribution in [2.45, 2.75) is 120 Å². The third-order valence-electron chi connectivity index (χ3n) is 11.2. The van der Waals surface area contributed by atoms with Gasteiger partial charge in [-0.05, 0) is 108 Å². The van der Waals surface area contributed by atoms with Gasteiger partial charge in [0.05, 0.1) is 14.0 Å². The van der Waals surface area contributed by atoms with Gasteiger partial charge in [0.1, 0.15) is 0 Å². The third kappa shape index (κ3) is 7.95. The van der Waals surface area contributed by atoms with Gasteiger partial charge in [-0.3, -0.25) is 0 Å². The predicted octanol–water partition coefficient (Wildman–Crippen LogP) is 2.97. The average Bonchev–Trinajstić information content (AvgIpc) is 3.32. The average molecular weight is 516 g/mol. The van der Waals surface area contributed by atoms with E-state index in [0.717, 1.165) is 50.5 Å². The van der Waals surface area contributed by atoms with Gasteiger partial charge in [0, 0.05) is 37.3 Å². The number of nitrogens with two attached hydrogens (primary N) is 3. The highest BCUT2D eigenvalue weighted by atomic mass is 16.3. The van der Waals surface area contributed by atoms with Crippen LogP contribution in [0.4, 0.5) is 0 Å². The smallest absolute Gasteiger partial charge is 0.0700 e. The summed E-state index contributed by atoms with van der Waals surface area (Å²) in [6, 6.07) is 0.837. The largest absolute Gasteiger partial charge is 0.393 e. The van der Waals surface area contributed by atoms with Crippen LogP contribution in [-0.2, 0) is 0 Å². The van der Waals surface area contributed by atoms with Gasteiger partial charge in [-0.15, -0.1) is 0 Å². The van der Waals surface area contributed by atoms with Crippen molar-refractivity contribution in [3.05, 3.63) is 0 Å². The fourth-order valence-electron chi connectivity index (χ4n) is 8.56. The van der Waals surface area contributed by atoms with Crippen LogP contribution in [0.5, 0.6) is 0 Å². The van der Waals surface area contributed by atoms with Crippen LogP contribution in [0, 0.1) is 35.5 Å². The molecule has 3 saturated carbocycles. The molecule has 0 spiro atoms. The highest BCUT2D eigenvalue weighted by Crippen LogP contribution is 2.42. The van der Waals surface area contributed by atoms with Crippen LogP contribution in [0.25, 0.3) is 0 Å². The molecule has 4 rings (SSSR count). The SMILES string of the molecule is [B]C1CC(N)C(N)C(CC(N)C2CC(C(O)CC3CCC(CN4CCC(N(C)C)C4)CC3)CCC2C)C1. The Morgan fingerprint density at radius 1 is 0.946 bits per heavy atom. The van der Waals surface area contributed by atoms with Gasteiger partial charge < -0.3 is 32.1 Å². The van der Waals surface area contributed by atoms with E-state index in [2.05, 4.69) is 30.8 Å². The summed E-state index contributed by atoms with van der Waals surface area (Å²) in [6.45, 7) is 6.13. The maximum absolute atomic E-state index is 11.3. The molecule has 0 aromatic heterocycles. The Bertz CT molecular complexity index is 689. The summed E-state index contributed by atoms with van der Waals surface area (Å²) >= 11 is 0. The van der Waals surface area contributed by atoms with Gasteiger partial charge in [-0.2, -0.15) is 0 Å². The molecule has 6 nitrogen and oxygen atoms in total. The number of aliphatic hydroxyl groups excluding tert-OH is 1. The quantitative estimate of drug-likeness (QED) is 0.352. The minimum atomic E-state index is -0.179. The first kappa shape index (κ1) is 29.8. The van der Waals surface area contributed by atoms with Crippen LogP contribution >= 0.6 is 0 Å². The number of likely N-dealkylation sites (N-methyl/N-ethyl adjacent to an activating group) is 1. The molecule has 0 amide bonds. The van der Waals surface area contributed by atoms with Crippen LogP contribution in [-0.4, -0.2) is 86.8 Å². The Hall–Kier alpha value is -0.175. The minimum Gasteiger partial charge on any atom is -0.393 e. The van der Waals surface area contributed by atoms with Crippen molar-refractivity contribution < 1.29 is 5.11 Å². The zero-order valence-corrected chi connectivity index (χ0v) is 24.2. The van der Waals surface area contributed by atoms with Crippen LogP contribution < -0.4 is 17.2 Å². The lowest BCUT2D eigenvalue weighted by atomic mass is 9.63. The highest BCUT2D eigenvalue weighted by Gasteiger charge is 2.39. The predicted molar refractivity (Wildman–Crippen MR) is 155 cm³/mol. The molecule has 37 heavy (non-hydrogen) atoms. The monoisotopic (exact) mass is 515 g/mol. The normalized spacial score (nSPS) is 43.7. The van der Waals surface area contributed by atoms with Gasteiger partial charge in [0.25, 0.3) is 0 Å². The van der Waals surface area contributed by atoms with E-state index >= 15 is 0 Å². The van der Waals surface area contributed by atoms with E-state index in [1.165, 1.54) is 58.2 Å². The number of rotatable bonds is 9. The van der Waals surface area contributed by atoms with Gasteiger partial charge in [0.15, 0.2) is 0 Å². The molecule has 1 heterocycles. The number of likely N-dealkylation sites (tertiary alicyclic amines) is 1. The molecule has 4 fully saturated rings. The van der Waals surface area contributed by atoms with Crippen molar-refractivity contribution in [2.75, 3.05) is 33.7 Å². The van der Waals surface area contributed by atoms with E-state index in [0.29, 0.717) is 29.6 Å². The van der Waals surface area contributed by atoms with Crippen LogP contribution in [0.1, 0.15) is 84.0 Å². The van der Waals surface area contributed by atoms with Crippen molar-refractivity contribution >= 4 is 7.85 Å². The second-order valence-corrected chi connectivity index (χ2v) is 14.2. The minimum absolute atomic E-state index is 0.00106. The van der Waals surface area contributed by atoms with E-state index in [4.69, 9.17) is 25.0 Å². The summed E-state index contributed by atoms with van der Waals surface area (Å²) in [5.74, 6) is 3.45. The summed E-state index contributed by atoms with van der Waals surface area (Å²) in [5.41, 5.74) is 19.6. The highest BCUT2D eigenvalue weighted by molar-refractivity contribution is 6.11. The molecular weight excluding hydrogens is 457 g/mol. The Labute approximate surface area is 229 Å². The zero-order valence-electron chi connectivity index (χ0n) is 24.2. The van der Waals surface area contributed by atoms with Crippen molar-refractivity contribution in [3.8, 4) is 0 Å². The van der Waals surface area contributed by atoms with Gasteiger partial charge >= 0.3 is 0 Å². The van der Waals surface area contributed by atoms with Crippen LogP contribution in [0.3, 0.4) is 0 Å². The maximum atomic E-state index is 11.3. The Morgan fingerprint density at radius 2 is 1.65 bits per heavy atom. The lowest BCUT2D eigenvalue weighted by Crippen LogP contribution is -2.52.